The van der Waals surface area contributed by atoms with Crippen LogP contribution in [0.15, 0.2) is 30.3 Å². The molecule has 1 atom stereocenters. The first-order chi connectivity index (χ1) is 13.1. The molecule has 1 N–H and O–H groups in total. The topological polar surface area (TPSA) is 76.5 Å². The van der Waals surface area contributed by atoms with Crippen molar-refractivity contribution in [3.8, 4) is 0 Å². The van der Waals surface area contributed by atoms with Crippen LogP contribution in [0.4, 0.5) is 4.39 Å². The standard InChI is InChI=1S/C19H21FN4O3/c20-14-4-1-3-13(9-14)12-23-6-7-24-17(19(23)26)10-16(22-24)18(25)21-11-15-5-2-8-27-15/h1,3-4,9-10,15H,2,5-8,11-12H2,(H,21,25). The third-order valence-corrected chi connectivity index (χ3v) is 4.88. The number of nitrogens with zero attached hydrogens (tertiary/aromatic N) is 3. The summed E-state index contributed by atoms with van der Waals surface area (Å²) in [6, 6.07) is 7.72. The van der Waals surface area contributed by atoms with Gasteiger partial charge in [0.25, 0.3) is 11.8 Å². The fraction of sp³-hybridized carbons (Fsp3) is 0.421. The molecule has 1 aromatic carbocycles. The lowest BCUT2D eigenvalue weighted by Crippen LogP contribution is -2.39. The number of carbonyl (C=O) groups excluding carboxylic acids is 2. The van der Waals surface area contributed by atoms with Crippen LogP contribution in [0.1, 0.15) is 39.4 Å². The summed E-state index contributed by atoms with van der Waals surface area (Å²) >= 11 is 0. The maximum atomic E-state index is 13.4. The molecule has 2 aliphatic rings. The number of rotatable bonds is 5. The Labute approximate surface area is 156 Å². The summed E-state index contributed by atoms with van der Waals surface area (Å²) in [4.78, 5) is 26.7. The van der Waals surface area contributed by atoms with E-state index in [4.69, 9.17) is 4.74 Å². The van der Waals surface area contributed by atoms with Gasteiger partial charge in [-0.05, 0) is 30.5 Å². The van der Waals surface area contributed by atoms with E-state index >= 15 is 0 Å². The highest BCUT2D eigenvalue weighted by atomic mass is 19.1. The van der Waals surface area contributed by atoms with Gasteiger partial charge >= 0.3 is 0 Å². The van der Waals surface area contributed by atoms with Gasteiger partial charge in [0.2, 0.25) is 0 Å². The van der Waals surface area contributed by atoms with E-state index in [0.717, 1.165) is 25.0 Å². The Hall–Kier alpha value is -2.74. The largest absolute Gasteiger partial charge is 0.376 e. The molecule has 142 valence electrons. The highest BCUT2D eigenvalue weighted by Crippen LogP contribution is 2.17. The smallest absolute Gasteiger partial charge is 0.272 e. The Morgan fingerprint density at radius 3 is 3.00 bits per heavy atom. The Bertz CT molecular complexity index is 860. The molecular formula is C19H21FN4O3. The van der Waals surface area contributed by atoms with E-state index in [0.29, 0.717) is 31.9 Å². The number of benzene rings is 1. The predicted octanol–water partition coefficient (Wildman–Crippen LogP) is 1.59. The van der Waals surface area contributed by atoms with Gasteiger partial charge in [0.05, 0.1) is 12.6 Å². The van der Waals surface area contributed by atoms with Gasteiger partial charge in [-0.15, -0.1) is 0 Å². The van der Waals surface area contributed by atoms with Crippen molar-refractivity contribution < 1.29 is 18.7 Å². The number of aromatic nitrogens is 2. The summed E-state index contributed by atoms with van der Waals surface area (Å²) in [5.74, 6) is -0.847. The van der Waals surface area contributed by atoms with Crippen LogP contribution in [0.2, 0.25) is 0 Å². The fourth-order valence-electron chi connectivity index (χ4n) is 3.46. The van der Waals surface area contributed by atoms with Gasteiger partial charge in [0.15, 0.2) is 5.69 Å². The van der Waals surface area contributed by atoms with Crippen molar-refractivity contribution in [2.45, 2.75) is 32.0 Å². The summed E-state index contributed by atoms with van der Waals surface area (Å²) in [5, 5.41) is 7.07. The quantitative estimate of drug-likeness (QED) is 0.865. The summed E-state index contributed by atoms with van der Waals surface area (Å²) < 4.78 is 20.4. The van der Waals surface area contributed by atoms with Crippen molar-refractivity contribution in [3.05, 3.63) is 53.1 Å². The highest BCUT2D eigenvalue weighted by molar-refractivity contribution is 5.98. The monoisotopic (exact) mass is 372 g/mol. The van der Waals surface area contributed by atoms with Crippen LogP contribution in [0, 0.1) is 5.82 Å². The van der Waals surface area contributed by atoms with Gasteiger partial charge in [-0.2, -0.15) is 5.10 Å². The molecule has 0 aliphatic carbocycles. The normalized spacial score (nSPS) is 19.2. The lowest BCUT2D eigenvalue weighted by atomic mass is 10.2. The molecule has 27 heavy (non-hydrogen) atoms. The van der Waals surface area contributed by atoms with Crippen LogP contribution in [0.5, 0.6) is 0 Å². The van der Waals surface area contributed by atoms with E-state index in [-0.39, 0.29) is 29.4 Å². The molecule has 0 bridgehead atoms. The lowest BCUT2D eigenvalue weighted by molar-refractivity contribution is 0.0682. The molecule has 0 saturated carbocycles. The first-order valence-electron chi connectivity index (χ1n) is 9.11. The minimum absolute atomic E-state index is 0.0505. The molecule has 4 rings (SSSR count). The summed E-state index contributed by atoms with van der Waals surface area (Å²) in [7, 11) is 0. The first-order valence-corrected chi connectivity index (χ1v) is 9.11. The Morgan fingerprint density at radius 1 is 1.33 bits per heavy atom. The molecular weight excluding hydrogens is 351 g/mol. The molecule has 3 heterocycles. The molecule has 0 spiro atoms. The van der Waals surface area contributed by atoms with Gasteiger partial charge in [-0.25, -0.2) is 4.39 Å². The van der Waals surface area contributed by atoms with E-state index in [9.17, 15) is 14.0 Å². The van der Waals surface area contributed by atoms with E-state index in [2.05, 4.69) is 10.4 Å². The van der Waals surface area contributed by atoms with Crippen LogP contribution < -0.4 is 5.32 Å². The molecule has 7 nitrogen and oxygen atoms in total. The van der Waals surface area contributed by atoms with E-state index in [1.165, 1.54) is 18.2 Å². The summed E-state index contributed by atoms with van der Waals surface area (Å²) in [6.45, 7) is 2.45. The minimum Gasteiger partial charge on any atom is -0.376 e. The number of fused-ring (bicyclic) bond motifs is 1. The number of hydrogen-bond donors (Lipinski definition) is 1. The molecule has 1 fully saturated rings. The predicted molar refractivity (Wildman–Crippen MR) is 94.7 cm³/mol. The van der Waals surface area contributed by atoms with Crippen molar-refractivity contribution in [1.29, 1.82) is 0 Å². The molecule has 2 aromatic rings. The van der Waals surface area contributed by atoms with Crippen LogP contribution in [0.3, 0.4) is 0 Å². The second-order valence-corrected chi connectivity index (χ2v) is 6.84. The average molecular weight is 372 g/mol. The molecule has 1 saturated heterocycles. The maximum absolute atomic E-state index is 13.4. The zero-order valence-electron chi connectivity index (χ0n) is 14.9. The zero-order valence-corrected chi connectivity index (χ0v) is 14.9. The highest BCUT2D eigenvalue weighted by Gasteiger charge is 2.28. The van der Waals surface area contributed by atoms with E-state index in [1.54, 1.807) is 21.7 Å². The number of carbonyl (C=O) groups is 2. The molecule has 1 aromatic heterocycles. The van der Waals surface area contributed by atoms with Crippen LogP contribution in [-0.4, -0.2) is 52.3 Å². The van der Waals surface area contributed by atoms with Crippen molar-refractivity contribution in [1.82, 2.24) is 20.0 Å². The Balaban J connectivity index is 1.42. The first kappa shape index (κ1) is 17.7. The van der Waals surface area contributed by atoms with Crippen molar-refractivity contribution in [3.63, 3.8) is 0 Å². The molecule has 1 unspecified atom stereocenters. The number of hydrogen-bond acceptors (Lipinski definition) is 4. The number of halogens is 1. The van der Waals surface area contributed by atoms with Gasteiger partial charge < -0.3 is 15.0 Å². The second-order valence-electron chi connectivity index (χ2n) is 6.84. The molecule has 8 heteroatoms. The molecule has 2 amide bonds. The van der Waals surface area contributed by atoms with Gasteiger partial charge in [0.1, 0.15) is 11.5 Å². The van der Waals surface area contributed by atoms with E-state index in [1.807, 2.05) is 0 Å². The molecule has 2 aliphatic heterocycles. The average Bonchev–Trinajstić information content (AvgIpc) is 3.32. The van der Waals surface area contributed by atoms with Crippen LogP contribution in [-0.2, 0) is 17.8 Å². The lowest BCUT2D eigenvalue weighted by Gasteiger charge is -2.27. The maximum Gasteiger partial charge on any atom is 0.272 e. The van der Waals surface area contributed by atoms with Crippen molar-refractivity contribution in [2.24, 2.45) is 0 Å². The van der Waals surface area contributed by atoms with Crippen LogP contribution in [0.25, 0.3) is 0 Å². The summed E-state index contributed by atoms with van der Waals surface area (Å²) in [6.07, 6.45) is 2.00. The third kappa shape index (κ3) is 3.85. The number of amides is 2. The fourth-order valence-corrected chi connectivity index (χ4v) is 3.46. The van der Waals surface area contributed by atoms with Crippen molar-refractivity contribution >= 4 is 11.8 Å². The molecule has 0 radical (unpaired) electrons. The van der Waals surface area contributed by atoms with E-state index < -0.39 is 0 Å². The third-order valence-electron chi connectivity index (χ3n) is 4.88. The minimum atomic E-state index is -0.327. The van der Waals surface area contributed by atoms with Gasteiger partial charge in [0, 0.05) is 32.3 Å². The van der Waals surface area contributed by atoms with Gasteiger partial charge in [-0.3, -0.25) is 14.3 Å². The van der Waals surface area contributed by atoms with Crippen LogP contribution >= 0.6 is 0 Å². The summed E-state index contributed by atoms with van der Waals surface area (Å²) in [5.41, 5.74) is 1.33. The van der Waals surface area contributed by atoms with Gasteiger partial charge in [-0.1, -0.05) is 12.1 Å². The SMILES string of the molecule is O=C(NCC1CCCO1)c1cc2n(n1)CCN(Cc1cccc(F)c1)C2=O. The number of nitrogens with one attached hydrogen (secondary N) is 1. The number of ether oxygens (including phenoxy) is 1. The second kappa shape index (κ2) is 7.48. The Morgan fingerprint density at radius 2 is 2.22 bits per heavy atom. The van der Waals surface area contributed by atoms with Crippen molar-refractivity contribution in [2.75, 3.05) is 19.7 Å². The zero-order chi connectivity index (χ0) is 18.8. The Kier molecular flexibility index (Phi) is 4.89.